The smallest absolute Gasteiger partial charge is 0.352 e. The topological polar surface area (TPSA) is 130 Å². The van der Waals surface area contributed by atoms with Gasteiger partial charge in [0.05, 0.1) is 11.4 Å². The summed E-state index contributed by atoms with van der Waals surface area (Å²) >= 11 is 6.41. The number of carboxylic acid groups (broad SMARTS) is 1. The molecule has 1 aliphatic rings. The molecule has 0 spiro atoms. The quantitative estimate of drug-likeness (QED) is 0.206. The number of aromatic carboxylic acids is 1. The minimum Gasteiger partial charge on any atom is -0.488 e. The van der Waals surface area contributed by atoms with E-state index in [2.05, 4.69) is 10.6 Å². The van der Waals surface area contributed by atoms with E-state index in [9.17, 15) is 24.3 Å². The molecule has 5 rings (SSSR count). The lowest BCUT2D eigenvalue weighted by Gasteiger charge is -2.20. The summed E-state index contributed by atoms with van der Waals surface area (Å²) < 4.78 is 7.69. The Morgan fingerprint density at radius 3 is 2.42 bits per heavy atom. The number of aromatic nitrogens is 1. The Kier molecular flexibility index (Phi) is 8.68. The van der Waals surface area contributed by atoms with E-state index >= 15 is 0 Å². The first-order chi connectivity index (χ1) is 20.6. The van der Waals surface area contributed by atoms with Crippen LogP contribution in [0.5, 0.6) is 5.75 Å². The van der Waals surface area contributed by atoms with Crippen molar-refractivity contribution >= 4 is 63.1 Å². The lowest BCUT2D eigenvalue weighted by atomic mass is 9.95. The van der Waals surface area contributed by atoms with E-state index in [1.54, 1.807) is 11.9 Å². The number of amides is 3. The van der Waals surface area contributed by atoms with E-state index in [0.29, 0.717) is 36.0 Å². The Morgan fingerprint density at radius 2 is 1.74 bits per heavy atom. The van der Waals surface area contributed by atoms with Crippen molar-refractivity contribution in [3.8, 4) is 5.75 Å². The molecule has 0 fully saturated rings. The van der Waals surface area contributed by atoms with E-state index < -0.39 is 11.9 Å². The summed E-state index contributed by atoms with van der Waals surface area (Å²) in [6.45, 7) is 2.10. The Labute approximate surface area is 253 Å². The number of carbonyl (C=O) groups is 4. The lowest BCUT2D eigenvalue weighted by Crippen LogP contribution is -2.30. The molecule has 4 aromatic rings. The van der Waals surface area contributed by atoms with Gasteiger partial charge in [-0.2, -0.15) is 0 Å². The van der Waals surface area contributed by atoms with Gasteiger partial charge in [-0.3, -0.25) is 14.4 Å². The molecule has 3 aromatic carbocycles. The fourth-order valence-electron chi connectivity index (χ4n) is 5.39. The average Bonchev–Trinajstić information content (AvgIpc) is 3.54. The van der Waals surface area contributed by atoms with Crippen molar-refractivity contribution in [2.75, 3.05) is 28.0 Å². The zero-order valence-electron chi connectivity index (χ0n) is 23.7. The van der Waals surface area contributed by atoms with E-state index in [0.717, 1.165) is 21.9 Å². The zero-order chi connectivity index (χ0) is 30.7. The maximum atomic E-state index is 13.5. The second-order valence-corrected chi connectivity index (χ2v) is 10.8. The number of hydrogen-bond acceptors (Lipinski definition) is 5. The highest BCUT2D eigenvalue weighted by atomic mass is 35.5. The van der Waals surface area contributed by atoms with Crippen molar-refractivity contribution in [3.05, 3.63) is 83.7 Å². The second kappa shape index (κ2) is 12.6. The minimum atomic E-state index is -1.11. The molecule has 0 saturated heterocycles. The number of anilines is 3. The Hall–Kier alpha value is -4.83. The predicted molar refractivity (Wildman–Crippen MR) is 165 cm³/mol. The summed E-state index contributed by atoms with van der Waals surface area (Å²) in [4.78, 5) is 50.8. The Bertz CT molecular complexity index is 1720. The van der Waals surface area contributed by atoms with Gasteiger partial charge in [0, 0.05) is 68.5 Å². The number of alkyl halides is 1. The van der Waals surface area contributed by atoms with Crippen LogP contribution in [0.4, 0.5) is 17.1 Å². The number of halogens is 1. The molecule has 0 radical (unpaired) electrons. The number of nitrogens with zero attached hydrogens (tertiary/aromatic N) is 2. The number of rotatable bonds is 10. The highest BCUT2D eigenvalue weighted by Gasteiger charge is 2.34. The number of fused-ring (bicyclic) bond motifs is 3. The minimum absolute atomic E-state index is 0.0360. The fourth-order valence-corrected chi connectivity index (χ4v) is 5.64. The van der Waals surface area contributed by atoms with Crippen LogP contribution in [-0.2, 0) is 28.0 Å². The molecular weight excluding hydrogens is 572 g/mol. The molecule has 1 aromatic heterocycles. The monoisotopic (exact) mass is 602 g/mol. The Morgan fingerprint density at radius 1 is 0.977 bits per heavy atom. The number of hydrogen-bond donors (Lipinski definition) is 3. The van der Waals surface area contributed by atoms with Crippen molar-refractivity contribution in [3.63, 3.8) is 0 Å². The van der Waals surface area contributed by atoms with Gasteiger partial charge in [0.15, 0.2) is 0 Å². The van der Waals surface area contributed by atoms with Gasteiger partial charge < -0.3 is 29.9 Å². The van der Waals surface area contributed by atoms with Crippen molar-refractivity contribution in [1.29, 1.82) is 0 Å². The molecule has 1 unspecified atom stereocenters. The van der Waals surface area contributed by atoms with Crippen LogP contribution >= 0.6 is 11.6 Å². The van der Waals surface area contributed by atoms with Gasteiger partial charge >= 0.3 is 5.97 Å². The molecule has 3 amide bonds. The molecule has 222 valence electrons. The first-order valence-corrected chi connectivity index (χ1v) is 14.3. The number of ether oxygens (including phenoxy) is 1. The lowest BCUT2D eigenvalue weighted by molar-refractivity contribution is -0.122. The summed E-state index contributed by atoms with van der Waals surface area (Å²) in [5.41, 5.74) is 3.56. The zero-order valence-corrected chi connectivity index (χ0v) is 24.5. The molecule has 0 saturated carbocycles. The maximum absolute atomic E-state index is 13.5. The third-order valence-corrected chi connectivity index (χ3v) is 7.71. The molecule has 11 heteroatoms. The third-order valence-electron chi connectivity index (χ3n) is 7.34. The highest BCUT2D eigenvalue weighted by Crippen LogP contribution is 2.46. The van der Waals surface area contributed by atoms with Crippen LogP contribution in [0, 0.1) is 0 Å². The maximum Gasteiger partial charge on any atom is 0.352 e. The average molecular weight is 603 g/mol. The first-order valence-electron chi connectivity index (χ1n) is 13.8. The predicted octanol–water partition coefficient (Wildman–Crippen LogP) is 5.50. The number of aryl methyl sites for hydroxylation is 1. The molecule has 10 nitrogen and oxygen atoms in total. The van der Waals surface area contributed by atoms with Gasteiger partial charge in [0.25, 0.3) is 0 Å². The molecule has 43 heavy (non-hydrogen) atoms. The fraction of sp³-hybridized carbons (Fsp3) is 0.250. The van der Waals surface area contributed by atoms with Crippen LogP contribution in [0.1, 0.15) is 47.3 Å². The van der Waals surface area contributed by atoms with Crippen LogP contribution in [0.25, 0.3) is 10.8 Å². The molecule has 3 N–H and O–H groups in total. The molecule has 2 heterocycles. The van der Waals surface area contributed by atoms with E-state index in [4.69, 9.17) is 16.3 Å². The summed E-state index contributed by atoms with van der Waals surface area (Å²) in [5, 5.41) is 16.4. The molecule has 1 atom stereocenters. The van der Waals surface area contributed by atoms with Gasteiger partial charge in [-0.25, -0.2) is 4.79 Å². The number of nitrogens with one attached hydrogen (secondary N) is 2. The van der Waals surface area contributed by atoms with Gasteiger partial charge in [-0.05, 0) is 34.7 Å². The van der Waals surface area contributed by atoms with Crippen LogP contribution < -0.4 is 20.3 Å². The molecule has 0 bridgehead atoms. The normalized spacial score (nSPS) is 13.9. The standard InChI is InChI=1S/C32H31ClN4O6/c1-19(38)34-22-8-9-24-25(12-22)28(43-18-20-6-4-3-5-7-20)14-26-31(24)21(15-33)16-37(26)30(40)11-10-29(39)35-23-13-27(32(41)42)36(2)17-23/h3-9,12-14,17,21H,10-11,15-16,18H2,1-2H3,(H,34,38)(H,35,39)(H,41,42). The van der Waals surface area contributed by atoms with Crippen LogP contribution in [0.3, 0.4) is 0 Å². The summed E-state index contributed by atoms with van der Waals surface area (Å²) in [5.74, 6) is -1.26. The van der Waals surface area contributed by atoms with Gasteiger partial charge in [-0.15, -0.1) is 11.6 Å². The molecule has 0 aliphatic carbocycles. The van der Waals surface area contributed by atoms with Gasteiger partial charge in [0.1, 0.15) is 18.1 Å². The number of carboxylic acids is 1. The number of benzene rings is 3. The third kappa shape index (κ3) is 6.49. The molecule has 1 aliphatic heterocycles. The summed E-state index contributed by atoms with van der Waals surface area (Å²) in [6, 6.07) is 18.5. The van der Waals surface area contributed by atoms with Crippen LogP contribution in [0.15, 0.2) is 66.9 Å². The van der Waals surface area contributed by atoms with E-state index in [-0.39, 0.29) is 42.1 Å². The van der Waals surface area contributed by atoms with Gasteiger partial charge in [0.2, 0.25) is 17.7 Å². The second-order valence-electron chi connectivity index (χ2n) is 10.5. The van der Waals surface area contributed by atoms with Crippen molar-refractivity contribution in [1.82, 2.24) is 4.57 Å². The SMILES string of the molecule is CC(=O)Nc1ccc2c3c(cc(OCc4ccccc4)c2c1)N(C(=O)CCC(=O)Nc1cc(C(=O)O)n(C)c1)CC3CCl. The molecular formula is C32H31ClN4O6. The van der Waals surface area contributed by atoms with Crippen molar-refractivity contribution in [2.24, 2.45) is 7.05 Å². The van der Waals surface area contributed by atoms with Crippen LogP contribution in [0.2, 0.25) is 0 Å². The Balaban J connectivity index is 1.41. The van der Waals surface area contributed by atoms with Crippen LogP contribution in [-0.4, -0.2) is 45.8 Å². The van der Waals surface area contributed by atoms with E-state index in [1.807, 2.05) is 54.6 Å². The summed E-state index contributed by atoms with van der Waals surface area (Å²) in [7, 11) is 1.57. The van der Waals surface area contributed by atoms with Crippen molar-refractivity contribution < 1.29 is 29.0 Å². The van der Waals surface area contributed by atoms with Gasteiger partial charge in [-0.1, -0.05) is 36.4 Å². The number of carbonyl (C=O) groups excluding carboxylic acids is 3. The highest BCUT2D eigenvalue weighted by molar-refractivity contribution is 6.19. The van der Waals surface area contributed by atoms with E-state index in [1.165, 1.54) is 23.8 Å². The first kappa shape index (κ1) is 29.7. The summed E-state index contributed by atoms with van der Waals surface area (Å²) in [6.07, 6.45) is 1.36. The largest absolute Gasteiger partial charge is 0.488 e. The van der Waals surface area contributed by atoms with Crippen molar-refractivity contribution in [2.45, 2.75) is 32.3 Å².